The first-order valence-corrected chi connectivity index (χ1v) is 9.89. The molecule has 2 aromatic rings. The third-order valence-electron chi connectivity index (χ3n) is 6.41. The number of allylic oxidation sites excluding steroid dienone is 4. The number of carbonyl (C=O) groups excluding carboxylic acids is 1. The molecule has 0 spiro atoms. The van der Waals surface area contributed by atoms with Crippen LogP contribution < -0.4 is 10.6 Å². The van der Waals surface area contributed by atoms with E-state index in [2.05, 4.69) is 37.4 Å². The number of fused-ring (bicyclic) bond motifs is 2. The van der Waals surface area contributed by atoms with Crippen molar-refractivity contribution < 1.29 is 15.0 Å². The van der Waals surface area contributed by atoms with Gasteiger partial charge in [-0.25, -0.2) is 15.0 Å². The number of nitrogens with zero attached hydrogens (tertiary/aromatic N) is 4. The maximum atomic E-state index is 12.4. The van der Waals surface area contributed by atoms with Gasteiger partial charge in [0.25, 0.3) is 0 Å². The van der Waals surface area contributed by atoms with Crippen molar-refractivity contribution >= 4 is 22.9 Å². The predicted molar refractivity (Wildman–Crippen MR) is 109 cm³/mol. The average molecular weight is 406 g/mol. The van der Waals surface area contributed by atoms with E-state index in [9.17, 15) is 15.0 Å². The van der Waals surface area contributed by atoms with Gasteiger partial charge >= 0.3 is 0 Å². The Labute approximate surface area is 172 Å². The molecule has 0 radical (unpaired) electrons. The molecule has 9 heteroatoms. The average Bonchev–Trinajstić information content (AvgIpc) is 3.06. The van der Waals surface area contributed by atoms with E-state index in [1.54, 1.807) is 17.9 Å². The Morgan fingerprint density at radius 2 is 2.13 bits per heavy atom. The van der Waals surface area contributed by atoms with Crippen LogP contribution in [0.25, 0.3) is 11.2 Å². The van der Waals surface area contributed by atoms with Crippen molar-refractivity contribution in [2.75, 3.05) is 19.4 Å². The van der Waals surface area contributed by atoms with E-state index in [-0.39, 0.29) is 11.8 Å². The standard InChI is InChI=1S/C21H22N6O3/c1-22-18-14-19(26-13(25-18)8-7-11-5-3-4-6-11)27(10-24-14)15-12-9-21(12,20(30)23-2)17(29)16(15)28/h3-5,10,12,15-17,28-29H,6,9H2,1-2H3,(H,23,30)(H,22,25,26)/t12?,15-,16+,17?,21-/m1/s1. The second kappa shape index (κ2) is 6.65. The lowest BCUT2D eigenvalue weighted by Crippen LogP contribution is -2.41. The number of hydrogen-bond donors (Lipinski definition) is 4. The first-order chi connectivity index (χ1) is 14.5. The van der Waals surface area contributed by atoms with Crippen molar-refractivity contribution in [1.29, 1.82) is 0 Å². The summed E-state index contributed by atoms with van der Waals surface area (Å²) in [6.45, 7) is 0. The molecule has 0 aromatic carbocycles. The van der Waals surface area contributed by atoms with Crippen molar-refractivity contribution in [3.63, 3.8) is 0 Å². The minimum absolute atomic E-state index is 0.197. The minimum atomic E-state index is -1.14. The quantitative estimate of drug-likeness (QED) is 0.534. The number of amides is 1. The highest BCUT2D eigenvalue weighted by Gasteiger charge is 2.75. The first kappa shape index (κ1) is 18.8. The van der Waals surface area contributed by atoms with Crippen molar-refractivity contribution in [1.82, 2.24) is 24.8 Å². The third kappa shape index (κ3) is 2.51. The molecule has 2 heterocycles. The molecule has 9 nitrogen and oxygen atoms in total. The summed E-state index contributed by atoms with van der Waals surface area (Å²) >= 11 is 0. The largest absolute Gasteiger partial charge is 0.389 e. The highest BCUT2D eigenvalue weighted by Crippen LogP contribution is 2.67. The molecule has 0 aliphatic heterocycles. The molecule has 154 valence electrons. The van der Waals surface area contributed by atoms with E-state index in [1.165, 1.54) is 7.05 Å². The summed E-state index contributed by atoms with van der Waals surface area (Å²) in [6.07, 6.45) is 6.59. The topological polar surface area (TPSA) is 125 Å². The molecule has 2 saturated carbocycles. The summed E-state index contributed by atoms with van der Waals surface area (Å²) in [5.41, 5.74) is 1.08. The molecule has 5 atom stereocenters. The van der Waals surface area contributed by atoms with Gasteiger partial charge in [-0.2, -0.15) is 0 Å². The number of rotatable bonds is 3. The number of nitrogens with one attached hydrogen (secondary N) is 2. The number of hydrogen-bond acceptors (Lipinski definition) is 7. The third-order valence-corrected chi connectivity index (χ3v) is 6.41. The normalized spacial score (nSPS) is 31.1. The predicted octanol–water partition coefficient (Wildman–Crippen LogP) is 0.135. The summed E-state index contributed by atoms with van der Waals surface area (Å²) in [7, 11) is 3.28. The van der Waals surface area contributed by atoms with Gasteiger partial charge in [0.15, 0.2) is 17.0 Å². The lowest BCUT2D eigenvalue weighted by atomic mass is 9.98. The van der Waals surface area contributed by atoms with Crippen molar-refractivity contribution in [3.8, 4) is 11.8 Å². The van der Waals surface area contributed by atoms with Crippen LogP contribution in [0.3, 0.4) is 0 Å². The van der Waals surface area contributed by atoms with Crippen LogP contribution in [0.1, 0.15) is 24.7 Å². The van der Waals surface area contributed by atoms with Crippen LogP contribution >= 0.6 is 0 Å². The maximum absolute atomic E-state index is 12.4. The lowest BCUT2D eigenvalue weighted by molar-refractivity contribution is -0.132. The highest BCUT2D eigenvalue weighted by atomic mass is 16.3. The minimum Gasteiger partial charge on any atom is -0.389 e. The summed E-state index contributed by atoms with van der Waals surface area (Å²) in [5, 5.41) is 27.0. The molecule has 1 amide bonds. The molecular weight excluding hydrogens is 384 g/mol. The number of aliphatic hydroxyl groups is 2. The van der Waals surface area contributed by atoms with Gasteiger partial charge in [-0.05, 0) is 18.8 Å². The summed E-state index contributed by atoms with van der Waals surface area (Å²) < 4.78 is 1.75. The van der Waals surface area contributed by atoms with Gasteiger partial charge in [0.05, 0.1) is 23.9 Å². The van der Waals surface area contributed by atoms with Crippen LogP contribution in [0, 0.1) is 23.2 Å². The van der Waals surface area contributed by atoms with Crippen LogP contribution in [-0.2, 0) is 4.79 Å². The van der Waals surface area contributed by atoms with Gasteiger partial charge in [-0.1, -0.05) is 24.1 Å². The second-order valence-electron chi connectivity index (χ2n) is 7.90. The Hall–Kier alpha value is -3.22. The van der Waals surface area contributed by atoms with E-state index in [1.807, 2.05) is 18.2 Å². The molecule has 5 rings (SSSR count). The monoisotopic (exact) mass is 406 g/mol. The first-order valence-electron chi connectivity index (χ1n) is 9.89. The van der Waals surface area contributed by atoms with Crippen molar-refractivity contribution in [3.05, 3.63) is 36.0 Å². The SMILES string of the molecule is CNC(=O)[C@]12CC1[C@@H](n1cnc3c(NC)nc(C#CC4=CC=CC4)nc31)[C@H](O)C2O. The van der Waals surface area contributed by atoms with E-state index >= 15 is 0 Å². The fourth-order valence-electron chi connectivity index (χ4n) is 4.83. The Morgan fingerprint density at radius 3 is 2.83 bits per heavy atom. The Balaban J connectivity index is 1.57. The second-order valence-corrected chi connectivity index (χ2v) is 7.90. The van der Waals surface area contributed by atoms with Gasteiger partial charge in [-0.3, -0.25) is 4.79 Å². The molecule has 2 aromatic heterocycles. The molecule has 3 aliphatic rings. The zero-order chi connectivity index (χ0) is 21.0. The molecule has 3 aliphatic carbocycles. The van der Waals surface area contributed by atoms with Crippen LogP contribution in [0.4, 0.5) is 5.82 Å². The zero-order valence-corrected chi connectivity index (χ0v) is 16.6. The Morgan fingerprint density at radius 1 is 1.30 bits per heavy atom. The molecule has 0 bridgehead atoms. The smallest absolute Gasteiger partial charge is 0.229 e. The molecule has 2 unspecified atom stereocenters. The van der Waals surface area contributed by atoms with Gasteiger partial charge in [0, 0.05) is 25.6 Å². The summed E-state index contributed by atoms with van der Waals surface area (Å²) in [4.78, 5) is 25.9. The van der Waals surface area contributed by atoms with E-state index in [0.717, 1.165) is 12.0 Å². The van der Waals surface area contributed by atoms with Crippen LogP contribution in [-0.4, -0.2) is 61.9 Å². The van der Waals surface area contributed by atoms with Gasteiger partial charge < -0.3 is 25.4 Å². The van der Waals surface area contributed by atoms with Gasteiger partial charge in [-0.15, -0.1) is 0 Å². The Bertz CT molecular complexity index is 1170. The lowest BCUT2D eigenvalue weighted by Gasteiger charge is -2.23. The zero-order valence-electron chi connectivity index (χ0n) is 16.6. The summed E-state index contributed by atoms with van der Waals surface area (Å²) in [5.74, 6) is 6.50. The molecule has 2 fully saturated rings. The maximum Gasteiger partial charge on any atom is 0.229 e. The van der Waals surface area contributed by atoms with Gasteiger partial charge in [0.2, 0.25) is 11.7 Å². The van der Waals surface area contributed by atoms with Crippen LogP contribution in [0.2, 0.25) is 0 Å². The molecule has 4 N–H and O–H groups in total. The van der Waals surface area contributed by atoms with E-state index in [0.29, 0.717) is 29.2 Å². The highest BCUT2D eigenvalue weighted by molar-refractivity contribution is 5.88. The number of carbonyl (C=O) groups is 1. The fourth-order valence-corrected chi connectivity index (χ4v) is 4.83. The van der Waals surface area contributed by atoms with Gasteiger partial charge in [0.1, 0.15) is 6.10 Å². The molecule has 0 saturated heterocycles. The number of aromatic nitrogens is 4. The fraction of sp³-hybridized carbons (Fsp3) is 0.429. The van der Waals surface area contributed by atoms with Crippen molar-refractivity contribution in [2.24, 2.45) is 11.3 Å². The van der Waals surface area contributed by atoms with E-state index < -0.39 is 23.7 Å². The van der Waals surface area contributed by atoms with Crippen LogP contribution in [0.5, 0.6) is 0 Å². The molecular formula is C21H22N6O3. The van der Waals surface area contributed by atoms with E-state index in [4.69, 9.17) is 0 Å². The van der Waals surface area contributed by atoms with Crippen molar-refractivity contribution in [2.45, 2.75) is 31.1 Å². The number of imidazole rings is 1. The van der Waals surface area contributed by atoms with Crippen LogP contribution in [0.15, 0.2) is 30.1 Å². The number of anilines is 1. The summed E-state index contributed by atoms with van der Waals surface area (Å²) in [6, 6.07) is -0.510. The Kier molecular flexibility index (Phi) is 4.17. The molecule has 30 heavy (non-hydrogen) atoms. The number of aliphatic hydroxyl groups excluding tert-OH is 2.